The molecule has 0 radical (unpaired) electrons. The van der Waals surface area contributed by atoms with Gasteiger partial charge < -0.3 is 10.1 Å². The number of nitrogens with one attached hydrogen (secondary N) is 1. The fraction of sp³-hybridized carbons (Fsp3) is 0.250. The number of rotatable bonds is 5. The second-order valence-electron chi connectivity index (χ2n) is 3.84. The van der Waals surface area contributed by atoms with Gasteiger partial charge in [0.25, 0.3) is 5.91 Å². The van der Waals surface area contributed by atoms with E-state index in [-0.39, 0.29) is 24.0 Å². The Balaban J connectivity index is 1.74. The van der Waals surface area contributed by atoms with Crippen molar-refractivity contribution in [1.29, 1.82) is 0 Å². The van der Waals surface area contributed by atoms with Crippen LogP contribution in [-0.4, -0.2) is 34.1 Å². The van der Waals surface area contributed by atoms with Gasteiger partial charge in [-0.3, -0.25) is 9.48 Å². The Kier molecular flexibility index (Phi) is 4.07. The minimum Gasteiger partial charge on any atom is -0.492 e. The van der Waals surface area contributed by atoms with E-state index >= 15 is 0 Å². The molecule has 1 amide bonds. The maximum absolute atomic E-state index is 12.9. The molecule has 1 heterocycles. The second kappa shape index (κ2) is 5.94. The molecule has 0 saturated carbocycles. The summed E-state index contributed by atoms with van der Waals surface area (Å²) in [5.74, 6) is -0.259. The maximum Gasteiger partial charge on any atom is 0.273 e. The zero-order valence-corrected chi connectivity index (χ0v) is 10.3. The van der Waals surface area contributed by atoms with Gasteiger partial charge >= 0.3 is 0 Å². The quantitative estimate of drug-likeness (QED) is 0.810. The molecule has 0 saturated heterocycles. The van der Waals surface area contributed by atoms with Gasteiger partial charge in [-0.05, 0) is 12.1 Å². The van der Waals surface area contributed by atoms with E-state index in [1.165, 1.54) is 23.0 Å². The first kappa shape index (κ1) is 13.0. The molecule has 0 aliphatic heterocycles. The second-order valence-corrected chi connectivity index (χ2v) is 3.84. The van der Waals surface area contributed by atoms with Gasteiger partial charge in [0, 0.05) is 13.1 Å². The minimum absolute atomic E-state index is 0.244. The van der Waals surface area contributed by atoms with Crippen LogP contribution in [0.4, 0.5) is 4.39 Å². The number of benzene rings is 1. The largest absolute Gasteiger partial charge is 0.492 e. The molecule has 100 valence electrons. The van der Waals surface area contributed by atoms with Crippen molar-refractivity contribution in [3.05, 3.63) is 42.0 Å². The lowest BCUT2D eigenvalue weighted by Gasteiger charge is -2.06. The molecule has 2 aromatic rings. The van der Waals surface area contributed by atoms with Crippen LogP contribution >= 0.6 is 0 Å². The Hall–Kier alpha value is -2.44. The Morgan fingerprint density at radius 1 is 1.53 bits per heavy atom. The molecule has 0 aliphatic rings. The summed E-state index contributed by atoms with van der Waals surface area (Å²) in [6.07, 6.45) is 1.52. The van der Waals surface area contributed by atoms with E-state index in [9.17, 15) is 9.18 Å². The standard InChI is InChI=1S/C12H13FN4O2/c1-17-8-11(15-16-17)12(18)14-5-6-19-10-4-2-3-9(13)7-10/h2-4,7-8H,5-6H2,1H3,(H,14,18). The minimum atomic E-state index is -0.360. The molecule has 6 nitrogen and oxygen atoms in total. The van der Waals surface area contributed by atoms with Crippen molar-refractivity contribution < 1.29 is 13.9 Å². The Bertz CT molecular complexity index is 570. The number of aryl methyl sites for hydroxylation is 1. The molecule has 1 aromatic carbocycles. The molecule has 1 aromatic heterocycles. The molecule has 0 atom stereocenters. The van der Waals surface area contributed by atoms with Crippen molar-refractivity contribution in [2.45, 2.75) is 0 Å². The zero-order chi connectivity index (χ0) is 13.7. The number of carbonyl (C=O) groups excluding carboxylic acids is 1. The summed E-state index contributed by atoms with van der Waals surface area (Å²) in [7, 11) is 1.68. The van der Waals surface area contributed by atoms with Gasteiger partial charge in [0.1, 0.15) is 18.2 Å². The summed E-state index contributed by atoms with van der Waals surface area (Å²) in [4.78, 5) is 11.6. The molecule has 0 fully saturated rings. The van der Waals surface area contributed by atoms with Gasteiger partial charge in [-0.15, -0.1) is 5.10 Å². The molecule has 0 bridgehead atoms. The number of hydrogen-bond acceptors (Lipinski definition) is 4. The third-order valence-corrected chi connectivity index (χ3v) is 2.29. The van der Waals surface area contributed by atoms with Crippen LogP contribution in [0.3, 0.4) is 0 Å². The first-order chi connectivity index (χ1) is 9.15. The predicted octanol–water partition coefficient (Wildman–Crippen LogP) is 0.763. The number of hydrogen-bond donors (Lipinski definition) is 1. The number of nitrogens with zero attached hydrogens (tertiary/aromatic N) is 3. The Labute approximate surface area is 109 Å². The number of halogens is 1. The molecular weight excluding hydrogens is 251 g/mol. The summed E-state index contributed by atoms with van der Waals surface area (Å²) in [5, 5.41) is 9.95. The van der Waals surface area contributed by atoms with E-state index in [0.717, 1.165) is 0 Å². The molecule has 0 spiro atoms. The molecule has 0 unspecified atom stereocenters. The Morgan fingerprint density at radius 3 is 3.05 bits per heavy atom. The number of ether oxygens (including phenoxy) is 1. The molecule has 1 N–H and O–H groups in total. The van der Waals surface area contributed by atoms with Crippen LogP contribution in [0.5, 0.6) is 5.75 Å². The van der Waals surface area contributed by atoms with E-state index in [4.69, 9.17) is 4.74 Å². The first-order valence-electron chi connectivity index (χ1n) is 5.68. The van der Waals surface area contributed by atoms with Crippen molar-refractivity contribution in [3.63, 3.8) is 0 Å². The zero-order valence-electron chi connectivity index (χ0n) is 10.3. The maximum atomic E-state index is 12.9. The van der Waals surface area contributed by atoms with E-state index in [1.807, 2.05) is 0 Å². The lowest BCUT2D eigenvalue weighted by molar-refractivity contribution is 0.0942. The van der Waals surface area contributed by atoms with E-state index in [1.54, 1.807) is 19.2 Å². The van der Waals surface area contributed by atoms with Crippen LogP contribution in [0.2, 0.25) is 0 Å². The summed E-state index contributed by atoms with van der Waals surface area (Å²) in [6, 6.07) is 5.82. The highest BCUT2D eigenvalue weighted by Crippen LogP contribution is 2.11. The summed E-state index contributed by atoms with van der Waals surface area (Å²) >= 11 is 0. The van der Waals surface area contributed by atoms with Gasteiger partial charge in [0.2, 0.25) is 0 Å². The van der Waals surface area contributed by atoms with Crippen LogP contribution < -0.4 is 10.1 Å². The Morgan fingerprint density at radius 2 is 2.37 bits per heavy atom. The smallest absolute Gasteiger partial charge is 0.273 e. The average molecular weight is 264 g/mol. The van der Waals surface area contributed by atoms with Crippen LogP contribution in [0.1, 0.15) is 10.5 Å². The van der Waals surface area contributed by atoms with E-state index < -0.39 is 0 Å². The first-order valence-corrected chi connectivity index (χ1v) is 5.68. The van der Waals surface area contributed by atoms with E-state index in [2.05, 4.69) is 15.6 Å². The van der Waals surface area contributed by atoms with Gasteiger partial charge in [0.15, 0.2) is 5.69 Å². The topological polar surface area (TPSA) is 69.0 Å². The van der Waals surface area contributed by atoms with Crippen molar-refractivity contribution in [3.8, 4) is 5.75 Å². The van der Waals surface area contributed by atoms with Crippen LogP contribution in [0.15, 0.2) is 30.5 Å². The van der Waals surface area contributed by atoms with Crippen LogP contribution in [0.25, 0.3) is 0 Å². The molecule has 0 aliphatic carbocycles. The van der Waals surface area contributed by atoms with Crippen molar-refractivity contribution in [1.82, 2.24) is 20.3 Å². The lowest BCUT2D eigenvalue weighted by atomic mass is 10.3. The molecule has 2 rings (SSSR count). The van der Waals surface area contributed by atoms with Gasteiger partial charge in [0.05, 0.1) is 12.7 Å². The molecule has 7 heteroatoms. The lowest BCUT2D eigenvalue weighted by Crippen LogP contribution is -2.28. The number of amides is 1. The van der Waals surface area contributed by atoms with Gasteiger partial charge in [-0.1, -0.05) is 11.3 Å². The third kappa shape index (κ3) is 3.77. The highest BCUT2D eigenvalue weighted by molar-refractivity contribution is 5.91. The summed E-state index contributed by atoms with van der Waals surface area (Å²) in [6.45, 7) is 0.543. The SMILES string of the molecule is Cn1cc(C(=O)NCCOc2cccc(F)c2)nn1. The summed E-state index contributed by atoms with van der Waals surface area (Å²) in [5.41, 5.74) is 0.244. The molecule has 19 heavy (non-hydrogen) atoms. The molecular formula is C12H13FN4O2. The van der Waals surface area contributed by atoms with Crippen molar-refractivity contribution in [2.75, 3.05) is 13.2 Å². The van der Waals surface area contributed by atoms with Crippen molar-refractivity contribution in [2.24, 2.45) is 7.05 Å². The van der Waals surface area contributed by atoms with E-state index in [0.29, 0.717) is 12.3 Å². The van der Waals surface area contributed by atoms with Crippen LogP contribution in [-0.2, 0) is 7.05 Å². The fourth-order valence-corrected chi connectivity index (χ4v) is 1.43. The van der Waals surface area contributed by atoms with Crippen molar-refractivity contribution >= 4 is 5.91 Å². The summed E-state index contributed by atoms with van der Waals surface area (Å²) < 4.78 is 19.6. The highest BCUT2D eigenvalue weighted by atomic mass is 19.1. The predicted molar refractivity (Wildman–Crippen MR) is 65.2 cm³/mol. The van der Waals surface area contributed by atoms with Gasteiger partial charge in [-0.2, -0.15) is 0 Å². The fourth-order valence-electron chi connectivity index (χ4n) is 1.43. The number of aromatic nitrogens is 3. The highest BCUT2D eigenvalue weighted by Gasteiger charge is 2.08. The van der Waals surface area contributed by atoms with Gasteiger partial charge in [-0.25, -0.2) is 4.39 Å². The third-order valence-electron chi connectivity index (χ3n) is 2.29. The van der Waals surface area contributed by atoms with Crippen LogP contribution in [0, 0.1) is 5.82 Å². The average Bonchev–Trinajstić information content (AvgIpc) is 2.81. The monoisotopic (exact) mass is 264 g/mol. The normalized spacial score (nSPS) is 10.2. The number of carbonyl (C=O) groups is 1.